The first kappa shape index (κ1) is 21.4. The summed E-state index contributed by atoms with van der Waals surface area (Å²) in [6.45, 7) is 1.24. The summed E-state index contributed by atoms with van der Waals surface area (Å²) in [4.78, 5) is 12.4. The number of furan rings is 1. The van der Waals surface area contributed by atoms with Gasteiger partial charge in [-0.1, -0.05) is 37.3 Å². The summed E-state index contributed by atoms with van der Waals surface area (Å²) < 4.78 is 76.8. The standard InChI is InChI=1S/C21H16F5NO3/c1-2-13(11-6-4-3-5-7-11)27-21(28)14-9-8-12(30-14)10-29-20-18(25)16(23)15(22)17(24)19(20)26/h3-9,13H,2,10H2,1H3,(H,27,28). The predicted molar refractivity (Wildman–Crippen MR) is 96.2 cm³/mol. The summed E-state index contributed by atoms with van der Waals surface area (Å²) in [5, 5.41) is 2.79. The summed E-state index contributed by atoms with van der Waals surface area (Å²) in [6, 6.07) is 11.6. The fourth-order valence-electron chi connectivity index (χ4n) is 2.77. The lowest BCUT2D eigenvalue weighted by atomic mass is 10.0. The molecule has 0 radical (unpaired) electrons. The first-order chi connectivity index (χ1) is 14.3. The van der Waals surface area contributed by atoms with Crippen LogP contribution >= 0.6 is 0 Å². The van der Waals surface area contributed by atoms with Gasteiger partial charge in [-0.15, -0.1) is 0 Å². The molecular weight excluding hydrogens is 409 g/mol. The van der Waals surface area contributed by atoms with Crippen molar-refractivity contribution in [1.29, 1.82) is 0 Å². The Hall–Kier alpha value is -3.36. The second-order valence-electron chi connectivity index (χ2n) is 6.30. The summed E-state index contributed by atoms with van der Waals surface area (Å²) >= 11 is 0. The van der Waals surface area contributed by atoms with Crippen molar-refractivity contribution in [2.45, 2.75) is 26.0 Å². The molecule has 0 aliphatic heterocycles. The van der Waals surface area contributed by atoms with E-state index in [1.54, 1.807) is 0 Å². The van der Waals surface area contributed by atoms with Crippen molar-refractivity contribution in [3.8, 4) is 5.75 Å². The quantitative estimate of drug-likeness (QED) is 0.312. The largest absolute Gasteiger partial charge is 0.479 e. The van der Waals surface area contributed by atoms with E-state index in [4.69, 9.17) is 9.15 Å². The smallest absolute Gasteiger partial charge is 0.287 e. The number of carbonyl (C=O) groups excluding carboxylic acids is 1. The molecule has 158 valence electrons. The molecule has 0 bridgehead atoms. The highest BCUT2D eigenvalue weighted by Gasteiger charge is 2.27. The van der Waals surface area contributed by atoms with Crippen molar-refractivity contribution in [2.24, 2.45) is 0 Å². The molecule has 1 atom stereocenters. The van der Waals surface area contributed by atoms with E-state index in [1.807, 2.05) is 37.3 Å². The van der Waals surface area contributed by atoms with Gasteiger partial charge in [-0.25, -0.2) is 13.2 Å². The van der Waals surface area contributed by atoms with Crippen molar-refractivity contribution in [2.75, 3.05) is 0 Å². The maximum atomic E-state index is 13.6. The Balaban J connectivity index is 1.69. The second kappa shape index (κ2) is 8.98. The molecule has 0 saturated carbocycles. The van der Waals surface area contributed by atoms with Crippen molar-refractivity contribution in [3.05, 3.63) is 88.6 Å². The van der Waals surface area contributed by atoms with Gasteiger partial charge in [0.2, 0.25) is 29.1 Å². The van der Waals surface area contributed by atoms with Crippen LogP contribution in [0.3, 0.4) is 0 Å². The molecule has 2 aromatic carbocycles. The maximum absolute atomic E-state index is 13.6. The Morgan fingerprint density at radius 1 is 0.933 bits per heavy atom. The summed E-state index contributed by atoms with van der Waals surface area (Å²) in [5.41, 5.74) is 0.898. The molecule has 0 aliphatic carbocycles. The van der Waals surface area contributed by atoms with Gasteiger partial charge in [0.1, 0.15) is 12.4 Å². The van der Waals surface area contributed by atoms with Crippen molar-refractivity contribution in [3.63, 3.8) is 0 Å². The van der Waals surface area contributed by atoms with Crippen LogP contribution < -0.4 is 10.1 Å². The second-order valence-corrected chi connectivity index (χ2v) is 6.30. The minimum absolute atomic E-state index is 0.0446. The van der Waals surface area contributed by atoms with E-state index < -0.39 is 47.3 Å². The normalized spacial score (nSPS) is 11.9. The molecule has 3 aromatic rings. The third-order valence-corrected chi connectivity index (χ3v) is 4.33. The fraction of sp³-hybridized carbons (Fsp3) is 0.190. The average molecular weight is 425 g/mol. The van der Waals surface area contributed by atoms with Crippen LogP contribution in [0, 0.1) is 29.1 Å². The number of nitrogens with one attached hydrogen (secondary N) is 1. The zero-order chi connectivity index (χ0) is 21.8. The topological polar surface area (TPSA) is 51.5 Å². The highest BCUT2D eigenvalue weighted by atomic mass is 19.2. The van der Waals surface area contributed by atoms with Crippen molar-refractivity contribution < 1.29 is 35.9 Å². The minimum Gasteiger partial charge on any atom is -0.479 e. The van der Waals surface area contributed by atoms with Crippen LogP contribution in [0.5, 0.6) is 5.75 Å². The van der Waals surface area contributed by atoms with Gasteiger partial charge in [-0.05, 0) is 24.1 Å². The first-order valence-electron chi connectivity index (χ1n) is 8.92. The Morgan fingerprint density at radius 2 is 1.53 bits per heavy atom. The number of halogens is 5. The van der Waals surface area contributed by atoms with Crippen molar-refractivity contribution in [1.82, 2.24) is 5.32 Å². The van der Waals surface area contributed by atoms with E-state index in [9.17, 15) is 26.7 Å². The van der Waals surface area contributed by atoms with E-state index in [0.717, 1.165) is 5.56 Å². The van der Waals surface area contributed by atoms with Crippen LogP contribution in [0.4, 0.5) is 22.0 Å². The van der Waals surface area contributed by atoms with Crippen LogP contribution in [0.2, 0.25) is 0 Å². The molecule has 0 aliphatic rings. The zero-order valence-corrected chi connectivity index (χ0v) is 15.6. The van der Waals surface area contributed by atoms with Gasteiger partial charge in [-0.2, -0.15) is 8.78 Å². The highest BCUT2D eigenvalue weighted by Crippen LogP contribution is 2.30. The van der Waals surface area contributed by atoms with Gasteiger partial charge in [0.25, 0.3) is 5.91 Å². The highest BCUT2D eigenvalue weighted by molar-refractivity contribution is 5.91. The molecule has 0 spiro atoms. The molecule has 1 unspecified atom stereocenters. The number of amides is 1. The van der Waals surface area contributed by atoms with Gasteiger partial charge in [0, 0.05) is 0 Å². The monoisotopic (exact) mass is 425 g/mol. The molecule has 1 aromatic heterocycles. The summed E-state index contributed by atoms with van der Waals surface area (Å²) in [7, 11) is 0. The van der Waals surface area contributed by atoms with Crippen molar-refractivity contribution >= 4 is 5.91 Å². The Morgan fingerprint density at radius 3 is 2.13 bits per heavy atom. The molecule has 0 saturated heterocycles. The molecule has 9 heteroatoms. The Labute approximate surface area is 168 Å². The molecule has 3 rings (SSSR count). The molecule has 0 fully saturated rings. The SMILES string of the molecule is CCC(NC(=O)c1ccc(COc2c(F)c(F)c(F)c(F)c2F)o1)c1ccccc1. The number of ether oxygens (including phenoxy) is 1. The fourth-order valence-corrected chi connectivity index (χ4v) is 2.77. The van der Waals surface area contributed by atoms with E-state index in [0.29, 0.717) is 6.42 Å². The predicted octanol–water partition coefficient (Wildman–Crippen LogP) is 5.44. The van der Waals surface area contributed by atoms with Gasteiger partial charge >= 0.3 is 0 Å². The first-order valence-corrected chi connectivity index (χ1v) is 8.92. The lowest BCUT2D eigenvalue weighted by molar-refractivity contribution is 0.0903. The number of benzene rings is 2. The van der Waals surface area contributed by atoms with E-state index >= 15 is 0 Å². The lowest BCUT2D eigenvalue weighted by Crippen LogP contribution is -2.27. The van der Waals surface area contributed by atoms with Gasteiger partial charge < -0.3 is 14.5 Å². The number of hydrogen-bond donors (Lipinski definition) is 1. The van der Waals surface area contributed by atoms with Crippen LogP contribution in [0.15, 0.2) is 46.9 Å². The average Bonchev–Trinajstić information content (AvgIpc) is 3.24. The molecule has 4 nitrogen and oxygen atoms in total. The Bertz CT molecular complexity index is 1020. The maximum Gasteiger partial charge on any atom is 0.287 e. The molecular formula is C21H16F5NO3. The van der Waals surface area contributed by atoms with Crippen LogP contribution in [-0.4, -0.2) is 5.91 Å². The number of carbonyl (C=O) groups is 1. The van der Waals surface area contributed by atoms with Crippen LogP contribution in [0.25, 0.3) is 0 Å². The van der Waals surface area contributed by atoms with Gasteiger partial charge in [0.15, 0.2) is 11.5 Å². The van der Waals surface area contributed by atoms with Crippen LogP contribution in [0.1, 0.15) is 41.3 Å². The van der Waals surface area contributed by atoms with E-state index in [-0.39, 0.29) is 17.6 Å². The molecule has 1 N–H and O–H groups in total. The number of rotatable bonds is 7. The zero-order valence-electron chi connectivity index (χ0n) is 15.6. The minimum atomic E-state index is -2.28. The Kier molecular flexibility index (Phi) is 6.39. The summed E-state index contributed by atoms with van der Waals surface area (Å²) in [6.07, 6.45) is 0.618. The van der Waals surface area contributed by atoms with Gasteiger partial charge in [-0.3, -0.25) is 4.79 Å². The third-order valence-electron chi connectivity index (χ3n) is 4.33. The van der Waals surface area contributed by atoms with E-state index in [1.165, 1.54) is 12.1 Å². The third kappa shape index (κ3) is 4.29. The van der Waals surface area contributed by atoms with Gasteiger partial charge in [0.05, 0.1) is 6.04 Å². The molecule has 1 heterocycles. The molecule has 30 heavy (non-hydrogen) atoms. The van der Waals surface area contributed by atoms with Crippen LogP contribution in [-0.2, 0) is 6.61 Å². The lowest BCUT2D eigenvalue weighted by Gasteiger charge is -2.16. The van der Waals surface area contributed by atoms with E-state index in [2.05, 4.69) is 5.32 Å². The summed E-state index contributed by atoms with van der Waals surface area (Å²) in [5.74, 6) is -12.8. The molecule has 1 amide bonds. The number of hydrogen-bond acceptors (Lipinski definition) is 3.